The second-order valence-electron chi connectivity index (χ2n) is 3.92. The third kappa shape index (κ3) is 3.38. The van der Waals surface area contributed by atoms with E-state index < -0.39 is 0 Å². The molecule has 0 radical (unpaired) electrons. The van der Waals surface area contributed by atoms with Gasteiger partial charge in [-0.25, -0.2) is 0 Å². The molecule has 6 heteroatoms. The van der Waals surface area contributed by atoms with Crippen LogP contribution in [0.15, 0.2) is 30.3 Å². The zero-order valence-electron chi connectivity index (χ0n) is 9.62. The molecule has 0 spiro atoms. The quantitative estimate of drug-likeness (QED) is 0.721. The van der Waals surface area contributed by atoms with Crippen molar-refractivity contribution in [3.05, 3.63) is 51.0 Å². The predicted octanol–water partition coefficient (Wildman–Crippen LogP) is 4.67. The molecule has 0 atom stereocenters. The Morgan fingerprint density at radius 1 is 0.947 bits per heavy atom. The Labute approximate surface area is 125 Å². The molecule has 0 aromatic heterocycles. The number of phenolic OH excluding ortho intramolecular Hbond substituents is 2. The summed E-state index contributed by atoms with van der Waals surface area (Å²) in [6.07, 6.45) is 0. The van der Waals surface area contributed by atoms with Crippen molar-refractivity contribution in [3.8, 4) is 11.5 Å². The van der Waals surface area contributed by atoms with Gasteiger partial charge in [-0.3, -0.25) is 0 Å². The Bertz CT molecular complexity index is 617. The van der Waals surface area contributed by atoms with Crippen LogP contribution in [0.25, 0.3) is 0 Å². The highest BCUT2D eigenvalue weighted by molar-refractivity contribution is 6.35. The van der Waals surface area contributed by atoms with Gasteiger partial charge in [-0.2, -0.15) is 0 Å². The molecule has 3 N–H and O–H groups in total. The first-order valence-electron chi connectivity index (χ1n) is 5.36. The lowest BCUT2D eigenvalue weighted by Gasteiger charge is -2.10. The van der Waals surface area contributed by atoms with E-state index in [0.717, 1.165) is 0 Å². The minimum absolute atomic E-state index is 0.0107. The smallest absolute Gasteiger partial charge is 0.139 e. The average molecular weight is 319 g/mol. The first-order valence-corrected chi connectivity index (χ1v) is 6.50. The molecule has 0 heterocycles. The molecule has 0 bridgehead atoms. The summed E-state index contributed by atoms with van der Waals surface area (Å²) in [6, 6.07) is 7.83. The fourth-order valence-corrected chi connectivity index (χ4v) is 2.28. The van der Waals surface area contributed by atoms with Gasteiger partial charge in [0.15, 0.2) is 0 Å². The van der Waals surface area contributed by atoms with Crippen LogP contribution >= 0.6 is 34.8 Å². The van der Waals surface area contributed by atoms with Crippen LogP contribution in [0.5, 0.6) is 11.5 Å². The Morgan fingerprint density at radius 2 is 1.68 bits per heavy atom. The van der Waals surface area contributed by atoms with Crippen molar-refractivity contribution in [2.24, 2.45) is 0 Å². The molecule has 2 aromatic rings. The number of rotatable bonds is 3. The minimum Gasteiger partial charge on any atom is -0.506 e. The summed E-state index contributed by atoms with van der Waals surface area (Å²) >= 11 is 17.5. The molecule has 2 rings (SSSR count). The van der Waals surface area contributed by atoms with Crippen LogP contribution in [0.4, 0.5) is 5.69 Å². The molecule has 0 aliphatic carbocycles. The van der Waals surface area contributed by atoms with Crippen molar-refractivity contribution in [1.29, 1.82) is 0 Å². The van der Waals surface area contributed by atoms with Crippen molar-refractivity contribution in [3.63, 3.8) is 0 Å². The topological polar surface area (TPSA) is 52.5 Å². The highest BCUT2D eigenvalue weighted by atomic mass is 35.5. The average Bonchev–Trinajstić information content (AvgIpc) is 2.36. The molecule has 0 unspecified atom stereocenters. The van der Waals surface area contributed by atoms with E-state index in [-0.39, 0.29) is 21.5 Å². The zero-order valence-corrected chi connectivity index (χ0v) is 11.9. The fraction of sp³-hybridized carbons (Fsp3) is 0.0769. The number of aromatic hydroxyl groups is 2. The lowest BCUT2D eigenvalue weighted by Crippen LogP contribution is -2.00. The van der Waals surface area contributed by atoms with Gasteiger partial charge < -0.3 is 15.5 Å². The maximum atomic E-state index is 9.80. The van der Waals surface area contributed by atoms with E-state index in [1.165, 1.54) is 12.1 Å². The fourth-order valence-electron chi connectivity index (χ4n) is 1.57. The summed E-state index contributed by atoms with van der Waals surface area (Å²) in [5, 5.41) is 23.1. The molecule has 0 fully saturated rings. The maximum Gasteiger partial charge on any atom is 0.139 e. The molecule has 0 saturated heterocycles. The van der Waals surface area contributed by atoms with E-state index in [1.54, 1.807) is 18.2 Å². The van der Waals surface area contributed by atoms with Crippen LogP contribution in [-0.2, 0) is 6.54 Å². The van der Waals surface area contributed by atoms with Crippen LogP contribution in [0.2, 0.25) is 15.1 Å². The van der Waals surface area contributed by atoms with E-state index in [2.05, 4.69) is 5.32 Å². The first kappa shape index (κ1) is 14.1. The second-order valence-corrected chi connectivity index (χ2v) is 5.17. The van der Waals surface area contributed by atoms with Crippen molar-refractivity contribution < 1.29 is 10.2 Å². The molecule has 0 amide bonds. The molecule has 2 aromatic carbocycles. The van der Waals surface area contributed by atoms with E-state index in [4.69, 9.17) is 34.8 Å². The van der Waals surface area contributed by atoms with E-state index >= 15 is 0 Å². The van der Waals surface area contributed by atoms with Gasteiger partial charge in [-0.15, -0.1) is 0 Å². The normalized spacial score (nSPS) is 10.5. The summed E-state index contributed by atoms with van der Waals surface area (Å²) < 4.78 is 0. The van der Waals surface area contributed by atoms with Crippen LogP contribution in [0.3, 0.4) is 0 Å². The second kappa shape index (κ2) is 5.78. The minimum atomic E-state index is -0.0107. The van der Waals surface area contributed by atoms with Gasteiger partial charge in [0, 0.05) is 22.8 Å². The van der Waals surface area contributed by atoms with Crippen molar-refractivity contribution >= 4 is 40.5 Å². The lowest BCUT2D eigenvalue weighted by atomic mass is 10.2. The SMILES string of the molecule is Oc1ccc(NCc2cc(Cl)cc(Cl)c2O)cc1Cl. The highest BCUT2D eigenvalue weighted by Crippen LogP contribution is 2.32. The third-order valence-corrected chi connectivity index (χ3v) is 3.35. The standard InChI is InChI=1S/C13H10Cl3NO2/c14-8-3-7(13(19)11(16)4-8)6-17-9-1-2-12(18)10(15)5-9/h1-5,17-19H,6H2. The Kier molecular flexibility index (Phi) is 4.30. The Balaban J connectivity index is 2.16. The number of phenols is 2. The Morgan fingerprint density at radius 3 is 2.37 bits per heavy atom. The maximum absolute atomic E-state index is 9.80. The molecular weight excluding hydrogens is 309 g/mol. The monoisotopic (exact) mass is 317 g/mol. The van der Waals surface area contributed by atoms with E-state index in [9.17, 15) is 10.2 Å². The number of hydrogen-bond donors (Lipinski definition) is 3. The van der Waals surface area contributed by atoms with E-state index in [1.807, 2.05) is 0 Å². The first-order chi connectivity index (χ1) is 8.97. The van der Waals surface area contributed by atoms with Crippen molar-refractivity contribution in [2.45, 2.75) is 6.54 Å². The molecule has 3 nitrogen and oxygen atoms in total. The molecule has 0 saturated carbocycles. The summed E-state index contributed by atoms with van der Waals surface area (Å²) in [5.74, 6) is 0.00399. The third-order valence-electron chi connectivity index (χ3n) is 2.54. The van der Waals surface area contributed by atoms with Crippen LogP contribution < -0.4 is 5.32 Å². The van der Waals surface area contributed by atoms with Gasteiger partial charge in [0.05, 0.1) is 10.0 Å². The van der Waals surface area contributed by atoms with Gasteiger partial charge in [0.1, 0.15) is 11.5 Å². The lowest BCUT2D eigenvalue weighted by molar-refractivity contribution is 0.469. The van der Waals surface area contributed by atoms with Crippen molar-refractivity contribution in [1.82, 2.24) is 0 Å². The summed E-state index contributed by atoms with van der Waals surface area (Å²) in [6.45, 7) is 0.327. The molecule has 0 aliphatic heterocycles. The van der Waals surface area contributed by atoms with Gasteiger partial charge in [0.2, 0.25) is 0 Å². The number of anilines is 1. The van der Waals surface area contributed by atoms with Crippen LogP contribution in [-0.4, -0.2) is 10.2 Å². The van der Waals surface area contributed by atoms with Crippen LogP contribution in [0, 0.1) is 0 Å². The zero-order chi connectivity index (χ0) is 14.0. The molecule has 100 valence electrons. The molecule has 19 heavy (non-hydrogen) atoms. The van der Waals surface area contributed by atoms with Gasteiger partial charge >= 0.3 is 0 Å². The van der Waals surface area contributed by atoms with Gasteiger partial charge in [-0.05, 0) is 30.3 Å². The van der Waals surface area contributed by atoms with Gasteiger partial charge in [0.25, 0.3) is 0 Å². The predicted molar refractivity (Wildman–Crippen MR) is 78.6 cm³/mol. The van der Waals surface area contributed by atoms with Gasteiger partial charge in [-0.1, -0.05) is 34.8 Å². The Hall–Kier alpha value is -1.29. The number of hydrogen-bond acceptors (Lipinski definition) is 3. The summed E-state index contributed by atoms with van der Waals surface area (Å²) in [7, 11) is 0. The molecule has 0 aliphatic rings. The number of benzene rings is 2. The highest BCUT2D eigenvalue weighted by Gasteiger charge is 2.08. The largest absolute Gasteiger partial charge is 0.506 e. The van der Waals surface area contributed by atoms with Crippen LogP contribution in [0.1, 0.15) is 5.56 Å². The van der Waals surface area contributed by atoms with E-state index in [0.29, 0.717) is 22.8 Å². The summed E-state index contributed by atoms with van der Waals surface area (Å²) in [5.41, 5.74) is 1.28. The number of halogens is 3. The molecular formula is C13H10Cl3NO2. The van der Waals surface area contributed by atoms with Crippen molar-refractivity contribution in [2.75, 3.05) is 5.32 Å². The summed E-state index contributed by atoms with van der Waals surface area (Å²) in [4.78, 5) is 0. The number of nitrogens with one attached hydrogen (secondary N) is 1.